The van der Waals surface area contributed by atoms with E-state index in [1.807, 2.05) is 18.2 Å². The van der Waals surface area contributed by atoms with E-state index in [2.05, 4.69) is 24.9 Å². The first kappa shape index (κ1) is 13.5. The van der Waals surface area contributed by atoms with Crippen molar-refractivity contribution < 1.29 is 4.74 Å². The molecule has 0 atom stereocenters. The van der Waals surface area contributed by atoms with Crippen molar-refractivity contribution >= 4 is 0 Å². The first-order chi connectivity index (χ1) is 8.27. The van der Waals surface area contributed by atoms with Crippen LogP contribution < -0.4 is 4.74 Å². The molecule has 0 spiro atoms. The smallest absolute Gasteiger partial charge is 0.137 e. The molecule has 0 saturated heterocycles. The second-order valence-corrected chi connectivity index (χ2v) is 4.11. The summed E-state index contributed by atoms with van der Waals surface area (Å²) in [6.07, 6.45) is 2.16. The van der Waals surface area contributed by atoms with E-state index < -0.39 is 0 Å². The fraction of sp³-hybridized carbons (Fsp3) is 0.500. The van der Waals surface area contributed by atoms with Gasteiger partial charge in [-0.15, -0.1) is 0 Å². The summed E-state index contributed by atoms with van der Waals surface area (Å²) in [5, 5.41) is 8.89. The van der Waals surface area contributed by atoms with E-state index >= 15 is 0 Å². The highest BCUT2D eigenvalue weighted by atomic mass is 16.5. The van der Waals surface area contributed by atoms with Crippen molar-refractivity contribution in [2.75, 3.05) is 26.7 Å². The summed E-state index contributed by atoms with van der Waals surface area (Å²) in [6, 6.07) is 9.48. The third-order valence-electron chi connectivity index (χ3n) is 2.55. The van der Waals surface area contributed by atoms with Crippen LogP contribution in [-0.4, -0.2) is 31.6 Å². The highest BCUT2D eigenvalue weighted by Gasteiger charge is 2.01. The van der Waals surface area contributed by atoms with E-state index in [9.17, 15) is 0 Å². The van der Waals surface area contributed by atoms with Crippen molar-refractivity contribution in [1.29, 1.82) is 5.26 Å². The number of para-hydroxylation sites is 1. The van der Waals surface area contributed by atoms with E-state index in [0.717, 1.165) is 19.5 Å². The molecule has 0 aliphatic rings. The van der Waals surface area contributed by atoms with Gasteiger partial charge in [-0.3, -0.25) is 0 Å². The van der Waals surface area contributed by atoms with Crippen LogP contribution in [0.1, 0.15) is 25.3 Å². The summed E-state index contributed by atoms with van der Waals surface area (Å²) in [7, 11) is 2.12. The van der Waals surface area contributed by atoms with Gasteiger partial charge in [0, 0.05) is 6.54 Å². The Morgan fingerprint density at radius 3 is 2.76 bits per heavy atom. The quantitative estimate of drug-likeness (QED) is 0.678. The lowest BCUT2D eigenvalue weighted by atomic mass is 10.2. The van der Waals surface area contributed by atoms with Crippen molar-refractivity contribution in [3.8, 4) is 11.8 Å². The standard InChI is InChI=1S/C14H20N2O/c1-3-9-16(2)10-6-11-17-14-8-5-4-7-13(14)12-15/h4-5,7-8H,3,6,9-11H2,1-2H3. The van der Waals surface area contributed by atoms with Gasteiger partial charge in [0.2, 0.25) is 0 Å². The molecule has 0 saturated carbocycles. The normalized spacial score (nSPS) is 10.2. The molecule has 3 heteroatoms. The predicted molar refractivity (Wildman–Crippen MR) is 69.1 cm³/mol. The number of hydrogen-bond acceptors (Lipinski definition) is 3. The lowest BCUT2D eigenvalue weighted by Crippen LogP contribution is -2.21. The summed E-state index contributed by atoms with van der Waals surface area (Å²) in [6.45, 7) is 4.99. The molecule has 0 aliphatic heterocycles. The van der Waals surface area contributed by atoms with E-state index in [-0.39, 0.29) is 0 Å². The molecule has 0 bridgehead atoms. The lowest BCUT2D eigenvalue weighted by molar-refractivity contribution is 0.262. The van der Waals surface area contributed by atoms with Gasteiger partial charge >= 0.3 is 0 Å². The topological polar surface area (TPSA) is 36.3 Å². The van der Waals surface area contributed by atoms with Crippen LogP contribution in [0.25, 0.3) is 0 Å². The third kappa shape index (κ3) is 4.88. The summed E-state index contributed by atoms with van der Waals surface area (Å²) in [5.74, 6) is 0.688. The average Bonchev–Trinajstić information content (AvgIpc) is 2.35. The van der Waals surface area contributed by atoms with Crippen LogP contribution in [0.15, 0.2) is 24.3 Å². The van der Waals surface area contributed by atoms with Crippen molar-refractivity contribution in [2.24, 2.45) is 0 Å². The first-order valence-corrected chi connectivity index (χ1v) is 6.08. The Labute approximate surface area is 104 Å². The molecule has 0 radical (unpaired) electrons. The minimum atomic E-state index is 0.606. The van der Waals surface area contributed by atoms with E-state index in [1.54, 1.807) is 6.07 Å². The van der Waals surface area contributed by atoms with E-state index in [1.165, 1.54) is 6.42 Å². The van der Waals surface area contributed by atoms with Gasteiger partial charge in [0.15, 0.2) is 0 Å². The van der Waals surface area contributed by atoms with Crippen molar-refractivity contribution in [3.05, 3.63) is 29.8 Å². The zero-order chi connectivity index (χ0) is 12.5. The third-order valence-corrected chi connectivity index (χ3v) is 2.55. The summed E-state index contributed by atoms with van der Waals surface area (Å²) >= 11 is 0. The van der Waals surface area contributed by atoms with Gasteiger partial charge < -0.3 is 9.64 Å². The molecule has 0 unspecified atom stereocenters. The van der Waals surface area contributed by atoms with Gasteiger partial charge in [0.1, 0.15) is 11.8 Å². The minimum Gasteiger partial charge on any atom is -0.492 e. The van der Waals surface area contributed by atoms with Crippen molar-refractivity contribution in [3.63, 3.8) is 0 Å². The van der Waals surface area contributed by atoms with Gasteiger partial charge in [-0.25, -0.2) is 0 Å². The molecule has 92 valence electrons. The number of nitrogens with zero attached hydrogens (tertiary/aromatic N) is 2. The highest BCUT2D eigenvalue weighted by molar-refractivity contribution is 5.42. The molecule has 17 heavy (non-hydrogen) atoms. The van der Waals surface area contributed by atoms with E-state index in [0.29, 0.717) is 17.9 Å². The Bertz CT molecular complexity index is 371. The Morgan fingerprint density at radius 2 is 2.06 bits per heavy atom. The second kappa shape index (κ2) is 7.70. The molecule has 0 fully saturated rings. The number of nitriles is 1. The maximum Gasteiger partial charge on any atom is 0.137 e. The van der Waals surface area contributed by atoms with Crippen LogP contribution in [0.3, 0.4) is 0 Å². The first-order valence-electron chi connectivity index (χ1n) is 6.08. The maximum absolute atomic E-state index is 8.89. The van der Waals surface area contributed by atoms with Crippen LogP contribution in [0.4, 0.5) is 0 Å². The van der Waals surface area contributed by atoms with Gasteiger partial charge in [-0.05, 0) is 38.6 Å². The number of hydrogen-bond donors (Lipinski definition) is 0. The average molecular weight is 232 g/mol. The van der Waals surface area contributed by atoms with E-state index in [4.69, 9.17) is 10.00 Å². The SMILES string of the molecule is CCCN(C)CCCOc1ccccc1C#N. The van der Waals surface area contributed by atoms with Crippen LogP contribution >= 0.6 is 0 Å². The largest absolute Gasteiger partial charge is 0.492 e. The van der Waals surface area contributed by atoms with Gasteiger partial charge in [-0.2, -0.15) is 5.26 Å². The Morgan fingerprint density at radius 1 is 1.29 bits per heavy atom. The molecular formula is C14H20N2O. The minimum absolute atomic E-state index is 0.606. The Hall–Kier alpha value is -1.53. The molecule has 1 aromatic rings. The van der Waals surface area contributed by atoms with Crippen LogP contribution in [0.5, 0.6) is 5.75 Å². The molecule has 0 heterocycles. The van der Waals surface area contributed by atoms with Gasteiger partial charge in [0.05, 0.1) is 12.2 Å². The fourth-order valence-electron chi connectivity index (χ4n) is 1.69. The van der Waals surface area contributed by atoms with Crippen LogP contribution in [-0.2, 0) is 0 Å². The van der Waals surface area contributed by atoms with Gasteiger partial charge in [0.25, 0.3) is 0 Å². The molecule has 0 amide bonds. The molecule has 0 aliphatic carbocycles. The predicted octanol–water partition coefficient (Wildman–Crippen LogP) is 2.67. The Kier molecular flexibility index (Phi) is 6.13. The Balaban J connectivity index is 2.29. The molecular weight excluding hydrogens is 212 g/mol. The van der Waals surface area contributed by atoms with Crippen molar-refractivity contribution in [2.45, 2.75) is 19.8 Å². The summed E-state index contributed by atoms with van der Waals surface area (Å²) in [5.41, 5.74) is 0.606. The zero-order valence-corrected chi connectivity index (χ0v) is 10.6. The summed E-state index contributed by atoms with van der Waals surface area (Å²) < 4.78 is 5.61. The number of rotatable bonds is 7. The monoisotopic (exact) mass is 232 g/mol. The molecule has 1 aromatic carbocycles. The fourth-order valence-corrected chi connectivity index (χ4v) is 1.69. The second-order valence-electron chi connectivity index (χ2n) is 4.11. The molecule has 1 rings (SSSR count). The zero-order valence-electron chi connectivity index (χ0n) is 10.6. The highest BCUT2D eigenvalue weighted by Crippen LogP contribution is 2.16. The van der Waals surface area contributed by atoms with Crippen LogP contribution in [0, 0.1) is 11.3 Å². The molecule has 0 aromatic heterocycles. The molecule has 3 nitrogen and oxygen atoms in total. The van der Waals surface area contributed by atoms with Crippen LogP contribution in [0.2, 0.25) is 0 Å². The van der Waals surface area contributed by atoms with Crippen molar-refractivity contribution in [1.82, 2.24) is 4.90 Å². The lowest BCUT2D eigenvalue weighted by Gasteiger charge is -2.15. The number of benzene rings is 1. The number of ether oxygens (including phenoxy) is 1. The van der Waals surface area contributed by atoms with Gasteiger partial charge in [-0.1, -0.05) is 19.1 Å². The molecule has 0 N–H and O–H groups in total. The summed E-state index contributed by atoms with van der Waals surface area (Å²) in [4.78, 5) is 2.29. The maximum atomic E-state index is 8.89.